The molecule has 0 aromatic heterocycles. The fourth-order valence-corrected chi connectivity index (χ4v) is 1.50. The predicted octanol–water partition coefficient (Wildman–Crippen LogP) is 1.96. The van der Waals surface area contributed by atoms with Gasteiger partial charge in [0.1, 0.15) is 0 Å². The van der Waals surface area contributed by atoms with Crippen molar-refractivity contribution in [1.29, 1.82) is 0 Å². The van der Waals surface area contributed by atoms with Crippen LogP contribution in [0.4, 0.5) is 5.69 Å². The van der Waals surface area contributed by atoms with Gasteiger partial charge in [-0.1, -0.05) is 0 Å². The number of nitrogens with two attached hydrogens (primary N) is 1. The highest BCUT2D eigenvalue weighted by molar-refractivity contribution is 8.00. The van der Waals surface area contributed by atoms with Gasteiger partial charge in [-0.25, -0.2) is 0 Å². The largest absolute Gasteiger partial charge is 0.468 e. The molecule has 0 fully saturated rings. The van der Waals surface area contributed by atoms with Crippen molar-refractivity contribution >= 4 is 35.8 Å². The highest BCUT2D eigenvalue weighted by Crippen LogP contribution is 2.18. The average molecular weight is 234 g/mol. The summed E-state index contributed by atoms with van der Waals surface area (Å²) in [5, 5.41) is 0. The summed E-state index contributed by atoms with van der Waals surface area (Å²) in [6.45, 7) is 0. The molecule has 2 N–H and O–H groups in total. The van der Waals surface area contributed by atoms with Gasteiger partial charge >= 0.3 is 5.97 Å². The van der Waals surface area contributed by atoms with Gasteiger partial charge in [0, 0.05) is 10.6 Å². The third-order valence-electron chi connectivity index (χ3n) is 1.46. The lowest BCUT2D eigenvalue weighted by atomic mass is 10.3. The van der Waals surface area contributed by atoms with Crippen LogP contribution in [0.1, 0.15) is 0 Å². The van der Waals surface area contributed by atoms with Gasteiger partial charge in [0.15, 0.2) is 0 Å². The van der Waals surface area contributed by atoms with Gasteiger partial charge in [-0.05, 0) is 24.3 Å². The summed E-state index contributed by atoms with van der Waals surface area (Å²) in [5.74, 6) is 0.113. The number of methoxy groups -OCH3 is 1. The van der Waals surface area contributed by atoms with Crippen molar-refractivity contribution in [3.63, 3.8) is 0 Å². The molecule has 0 bridgehead atoms. The van der Waals surface area contributed by atoms with E-state index in [1.807, 2.05) is 12.1 Å². The number of benzene rings is 1. The van der Waals surface area contributed by atoms with Gasteiger partial charge in [-0.15, -0.1) is 24.2 Å². The number of hydrogen-bond donors (Lipinski definition) is 1. The summed E-state index contributed by atoms with van der Waals surface area (Å²) in [6.07, 6.45) is 0. The topological polar surface area (TPSA) is 52.3 Å². The molecule has 0 atom stereocenters. The maximum atomic E-state index is 10.8. The lowest BCUT2D eigenvalue weighted by Crippen LogP contribution is -2.02. The Morgan fingerprint density at radius 3 is 2.50 bits per heavy atom. The van der Waals surface area contributed by atoms with E-state index in [2.05, 4.69) is 4.74 Å². The third-order valence-corrected chi connectivity index (χ3v) is 2.45. The number of ether oxygens (including phenoxy) is 1. The van der Waals surface area contributed by atoms with Gasteiger partial charge in [0.2, 0.25) is 0 Å². The second kappa shape index (κ2) is 6.56. The normalized spacial score (nSPS) is 8.93. The van der Waals surface area contributed by atoms with E-state index in [4.69, 9.17) is 5.73 Å². The van der Waals surface area contributed by atoms with Gasteiger partial charge in [-0.2, -0.15) is 0 Å². The summed E-state index contributed by atoms with van der Waals surface area (Å²) in [5.41, 5.74) is 6.23. The highest BCUT2D eigenvalue weighted by Gasteiger charge is 2.00. The molecular weight excluding hydrogens is 222 g/mol. The molecule has 0 saturated carbocycles. The molecule has 1 rings (SSSR count). The summed E-state index contributed by atoms with van der Waals surface area (Å²) in [6, 6.07) is 7.37. The molecule has 0 aliphatic carbocycles. The Kier molecular flexibility index (Phi) is 6.16. The van der Waals surface area contributed by atoms with Crippen LogP contribution >= 0.6 is 24.2 Å². The van der Waals surface area contributed by atoms with Crippen LogP contribution in [0.5, 0.6) is 0 Å². The molecule has 0 unspecified atom stereocenters. The number of hydrogen-bond acceptors (Lipinski definition) is 4. The zero-order valence-corrected chi connectivity index (χ0v) is 9.36. The molecule has 78 valence electrons. The zero-order chi connectivity index (χ0) is 9.68. The molecule has 0 radical (unpaired) electrons. The van der Waals surface area contributed by atoms with Crippen molar-refractivity contribution in [2.24, 2.45) is 0 Å². The quantitative estimate of drug-likeness (QED) is 0.493. The molecule has 1 aromatic carbocycles. The fourth-order valence-electron chi connectivity index (χ4n) is 0.765. The van der Waals surface area contributed by atoms with Crippen LogP contribution in [0.3, 0.4) is 0 Å². The molecule has 0 heterocycles. The first-order chi connectivity index (χ1) is 6.22. The van der Waals surface area contributed by atoms with Gasteiger partial charge in [0.25, 0.3) is 0 Å². The monoisotopic (exact) mass is 233 g/mol. The van der Waals surface area contributed by atoms with Crippen molar-refractivity contribution in [3.05, 3.63) is 24.3 Å². The van der Waals surface area contributed by atoms with Gasteiger partial charge in [0.05, 0.1) is 12.9 Å². The third kappa shape index (κ3) is 4.39. The van der Waals surface area contributed by atoms with Crippen LogP contribution < -0.4 is 5.73 Å². The van der Waals surface area contributed by atoms with Crippen LogP contribution in [0.2, 0.25) is 0 Å². The number of halogens is 1. The van der Waals surface area contributed by atoms with E-state index >= 15 is 0 Å². The Labute approximate surface area is 93.4 Å². The Bertz CT molecular complexity index is 289. The molecular formula is C9H12ClNO2S. The fraction of sp³-hybridized carbons (Fsp3) is 0.222. The minimum absolute atomic E-state index is 0. The van der Waals surface area contributed by atoms with Crippen molar-refractivity contribution < 1.29 is 9.53 Å². The van der Waals surface area contributed by atoms with Gasteiger partial charge in [-0.3, -0.25) is 4.79 Å². The van der Waals surface area contributed by atoms with E-state index < -0.39 is 0 Å². The van der Waals surface area contributed by atoms with E-state index in [1.54, 1.807) is 12.1 Å². The standard InChI is InChI=1S/C9H11NO2S.ClH/c1-12-9(11)6-13-8-4-2-7(10)3-5-8;/h2-5H,6,10H2,1H3;1H. The molecule has 0 aliphatic heterocycles. The Morgan fingerprint density at radius 2 is 2.00 bits per heavy atom. The summed E-state index contributed by atoms with van der Waals surface area (Å²) >= 11 is 1.43. The first kappa shape index (κ1) is 13.1. The number of nitrogen functional groups attached to an aromatic ring is 1. The smallest absolute Gasteiger partial charge is 0.315 e. The molecule has 0 aliphatic rings. The number of carbonyl (C=O) groups is 1. The maximum Gasteiger partial charge on any atom is 0.315 e. The Morgan fingerprint density at radius 1 is 1.43 bits per heavy atom. The van der Waals surface area contributed by atoms with Crippen molar-refractivity contribution in [2.45, 2.75) is 4.90 Å². The average Bonchev–Trinajstić information content (AvgIpc) is 2.16. The zero-order valence-electron chi connectivity index (χ0n) is 7.73. The minimum atomic E-state index is -0.221. The predicted molar refractivity (Wildman–Crippen MR) is 60.8 cm³/mol. The lowest BCUT2D eigenvalue weighted by Gasteiger charge is -2.00. The summed E-state index contributed by atoms with van der Waals surface area (Å²) < 4.78 is 4.51. The number of thioether (sulfide) groups is 1. The first-order valence-corrected chi connectivity index (χ1v) is 4.76. The Hall–Kier alpha value is -0.870. The highest BCUT2D eigenvalue weighted by atomic mass is 35.5. The van der Waals surface area contributed by atoms with Crippen LogP contribution in [0.15, 0.2) is 29.2 Å². The van der Waals surface area contributed by atoms with Crippen molar-refractivity contribution in [1.82, 2.24) is 0 Å². The molecule has 5 heteroatoms. The molecule has 1 aromatic rings. The molecule has 14 heavy (non-hydrogen) atoms. The molecule has 3 nitrogen and oxygen atoms in total. The van der Waals surface area contributed by atoms with Crippen molar-refractivity contribution in [3.8, 4) is 0 Å². The van der Waals surface area contributed by atoms with E-state index in [0.717, 1.165) is 10.6 Å². The molecule has 0 spiro atoms. The number of esters is 1. The second-order valence-corrected chi connectivity index (χ2v) is 3.48. The van der Waals surface area contributed by atoms with E-state index in [9.17, 15) is 4.79 Å². The summed E-state index contributed by atoms with van der Waals surface area (Å²) in [7, 11) is 1.38. The van der Waals surface area contributed by atoms with Crippen LogP contribution in [0, 0.1) is 0 Å². The first-order valence-electron chi connectivity index (χ1n) is 3.77. The van der Waals surface area contributed by atoms with Crippen LogP contribution in [0.25, 0.3) is 0 Å². The number of carbonyl (C=O) groups excluding carboxylic acids is 1. The minimum Gasteiger partial charge on any atom is -0.468 e. The number of rotatable bonds is 3. The maximum absolute atomic E-state index is 10.8. The van der Waals surface area contributed by atoms with Gasteiger partial charge < -0.3 is 10.5 Å². The molecule has 0 amide bonds. The van der Waals surface area contributed by atoms with Crippen molar-refractivity contribution in [2.75, 3.05) is 18.6 Å². The van der Waals surface area contributed by atoms with E-state index in [-0.39, 0.29) is 18.4 Å². The summed E-state index contributed by atoms with van der Waals surface area (Å²) in [4.78, 5) is 11.8. The number of anilines is 1. The Balaban J connectivity index is 0.00000169. The second-order valence-electron chi connectivity index (χ2n) is 2.43. The van der Waals surface area contributed by atoms with E-state index in [1.165, 1.54) is 18.9 Å². The van der Waals surface area contributed by atoms with E-state index in [0.29, 0.717) is 5.75 Å². The van der Waals surface area contributed by atoms with Crippen LogP contribution in [-0.2, 0) is 9.53 Å². The lowest BCUT2D eigenvalue weighted by molar-refractivity contribution is -0.137. The SMILES string of the molecule is COC(=O)CSc1ccc(N)cc1.Cl. The van der Waals surface area contributed by atoms with Crippen LogP contribution in [-0.4, -0.2) is 18.8 Å². The molecule has 0 saturated heterocycles.